The number of hydrogen-bond acceptors (Lipinski definition) is 4. The first-order valence-electron chi connectivity index (χ1n) is 4.68. The second-order valence-electron chi connectivity index (χ2n) is 4.28. The summed E-state index contributed by atoms with van der Waals surface area (Å²) in [7, 11) is 0. The Hall–Kier alpha value is -0.870. The summed E-state index contributed by atoms with van der Waals surface area (Å²) in [4.78, 5) is 0. The van der Waals surface area contributed by atoms with Crippen LogP contribution in [0.2, 0.25) is 0 Å². The molecule has 0 saturated heterocycles. The molecule has 0 aliphatic rings. The highest BCUT2D eigenvalue weighted by atomic mass is 16.5. The predicted molar refractivity (Wildman–Crippen MR) is 53.9 cm³/mol. The molecule has 0 aliphatic carbocycles. The van der Waals surface area contributed by atoms with E-state index in [0.29, 0.717) is 13.2 Å². The van der Waals surface area contributed by atoms with Crippen molar-refractivity contribution in [3.05, 3.63) is 17.0 Å². The van der Waals surface area contributed by atoms with Crippen LogP contribution in [0.3, 0.4) is 0 Å². The van der Waals surface area contributed by atoms with Gasteiger partial charge in [0.15, 0.2) is 0 Å². The minimum absolute atomic E-state index is 0.293. The lowest BCUT2D eigenvalue weighted by Gasteiger charge is -2.17. The average molecular weight is 198 g/mol. The maximum absolute atomic E-state index is 5.79. The molecule has 1 rings (SSSR count). The molecule has 80 valence electrons. The van der Waals surface area contributed by atoms with Gasteiger partial charge in [-0.05, 0) is 27.7 Å². The van der Waals surface area contributed by atoms with E-state index >= 15 is 0 Å². The van der Waals surface area contributed by atoms with Crippen molar-refractivity contribution >= 4 is 0 Å². The first-order valence-corrected chi connectivity index (χ1v) is 4.68. The lowest BCUT2D eigenvalue weighted by molar-refractivity contribution is 0.0840. The van der Waals surface area contributed by atoms with E-state index in [2.05, 4.69) is 5.16 Å². The lowest BCUT2D eigenvalue weighted by atomic mass is 10.1. The number of nitrogens with two attached hydrogens (primary N) is 1. The zero-order valence-electron chi connectivity index (χ0n) is 9.26. The lowest BCUT2D eigenvalue weighted by Crippen LogP contribution is -2.37. The number of ether oxygens (including phenoxy) is 1. The Bertz CT molecular complexity index is 280. The molecule has 1 aromatic heterocycles. The first-order chi connectivity index (χ1) is 6.40. The van der Waals surface area contributed by atoms with Gasteiger partial charge < -0.3 is 15.0 Å². The molecular formula is C10H18N2O2. The maximum atomic E-state index is 5.79. The Morgan fingerprint density at radius 1 is 1.43 bits per heavy atom. The van der Waals surface area contributed by atoms with Crippen molar-refractivity contribution in [2.75, 3.05) is 6.61 Å². The zero-order chi connectivity index (χ0) is 10.8. The quantitative estimate of drug-likeness (QED) is 0.797. The van der Waals surface area contributed by atoms with Crippen molar-refractivity contribution in [2.45, 2.75) is 39.8 Å². The van der Waals surface area contributed by atoms with E-state index in [4.69, 9.17) is 15.0 Å². The third-order valence-corrected chi connectivity index (χ3v) is 1.90. The fourth-order valence-corrected chi connectivity index (χ4v) is 1.12. The summed E-state index contributed by atoms with van der Waals surface area (Å²) < 4.78 is 10.5. The molecule has 0 unspecified atom stereocenters. The molecule has 2 N–H and O–H groups in total. The van der Waals surface area contributed by atoms with E-state index in [0.717, 1.165) is 17.0 Å². The van der Waals surface area contributed by atoms with E-state index in [1.807, 2.05) is 27.7 Å². The Labute approximate surface area is 84.4 Å². The van der Waals surface area contributed by atoms with Crippen molar-refractivity contribution in [2.24, 2.45) is 5.73 Å². The van der Waals surface area contributed by atoms with Gasteiger partial charge in [0, 0.05) is 11.1 Å². The topological polar surface area (TPSA) is 61.3 Å². The molecule has 0 amide bonds. The van der Waals surface area contributed by atoms with Crippen LogP contribution in [0.25, 0.3) is 0 Å². The SMILES string of the molecule is Cc1noc(C)c1COCC(C)(C)N. The van der Waals surface area contributed by atoms with Gasteiger partial charge >= 0.3 is 0 Å². The summed E-state index contributed by atoms with van der Waals surface area (Å²) in [6.45, 7) is 8.69. The summed E-state index contributed by atoms with van der Waals surface area (Å²) in [6, 6.07) is 0. The van der Waals surface area contributed by atoms with Gasteiger partial charge in [0.25, 0.3) is 0 Å². The van der Waals surface area contributed by atoms with Crippen molar-refractivity contribution in [1.29, 1.82) is 0 Å². The van der Waals surface area contributed by atoms with Gasteiger partial charge in [-0.1, -0.05) is 5.16 Å². The molecule has 0 aliphatic heterocycles. The molecule has 4 nitrogen and oxygen atoms in total. The van der Waals surface area contributed by atoms with Crippen molar-refractivity contribution in [1.82, 2.24) is 5.16 Å². The first kappa shape index (κ1) is 11.2. The number of nitrogens with zero attached hydrogens (tertiary/aromatic N) is 1. The van der Waals surface area contributed by atoms with Crippen LogP contribution in [0.5, 0.6) is 0 Å². The van der Waals surface area contributed by atoms with E-state index < -0.39 is 0 Å². The molecular weight excluding hydrogens is 180 g/mol. The largest absolute Gasteiger partial charge is 0.375 e. The second kappa shape index (κ2) is 4.11. The minimum atomic E-state index is -0.293. The third-order valence-electron chi connectivity index (χ3n) is 1.90. The van der Waals surface area contributed by atoms with Crippen LogP contribution in [0.4, 0.5) is 0 Å². The Morgan fingerprint density at radius 3 is 2.50 bits per heavy atom. The molecule has 0 radical (unpaired) electrons. The van der Waals surface area contributed by atoms with Crippen molar-refractivity contribution in [3.8, 4) is 0 Å². The van der Waals surface area contributed by atoms with Crippen molar-refractivity contribution < 1.29 is 9.26 Å². The zero-order valence-corrected chi connectivity index (χ0v) is 9.26. The van der Waals surface area contributed by atoms with Gasteiger partial charge in [-0.25, -0.2) is 0 Å². The van der Waals surface area contributed by atoms with Crippen LogP contribution in [0.1, 0.15) is 30.9 Å². The highest BCUT2D eigenvalue weighted by molar-refractivity contribution is 5.19. The fourth-order valence-electron chi connectivity index (χ4n) is 1.12. The summed E-state index contributed by atoms with van der Waals surface area (Å²) in [5.74, 6) is 0.817. The second-order valence-corrected chi connectivity index (χ2v) is 4.28. The van der Waals surface area contributed by atoms with Gasteiger partial charge in [0.1, 0.15) is 5.76 Å². The monoisotopic (exact) mass is 198 g/mol. The van der Waals surface area contributed by atoms with Gasteiger partial charge in [0.2, 0.25) is 0 Å². The molecule has 0 bridgehead atoms. The Balaban J connectivity index is 2.46. The predicted octanol–water partition coefficient (Wildman–Crippen LogP) is 1.55. The summed E-state index contributed by atoms with van der Waals surface area (Å²) in [6.07, 6.45) is 0. The van der Waals surface area contributed by atoms with Crippen LogP contribution in [-0.4, -0.2) is 17.3 Å². The Morgan fingerprint density at radius 2 is 2.07 bits per heavy atom. The molecule has 0 spiro atoms. The smallest absolute Gasteiger partial charge is 0.139 e. The van der Waals surface area contributed by atoms with E-state index in [9.17, 15) is 0 Å². The molecule has 4 heteroatoms. The van der Waals surface area contributed by atoms with Crippen LogP contribution in [0, 0.1) is 13.8 Å². The fraction of sp³-hybridized carbons (Fsp3) is 0.700. The normalized spacial score (nSPS) is 12.1. The van der Waals surface area contributed by atoms with Crippen molar-refractivity contribution in [3.63, 3.8) is 0 Å². The maximum Gasteiger partial charge on any atom is 0.139 e. The number of rotatable bonds is 4. The molecule has 0 atom stereocenters. The van der Waals surface area contributed by atoms with Crippen LogP contribution in [-0.2, 0) is 11.3 Å². The van der Waals surface area contributed by atoms with Crippen LogP contribution in [0.15, 0.2) is 4.52 Å². The summed E-state index contributed by atoms with van der Waals surface area (Å²) >= 11 is 0. The number of aromatic nitrogens is 1. The Kier molecular flexibility index (Phi) is 3.29. The summed E-state index contributed by atoms with van der Waals surface area (Å²) in [5, 5.41) is 3.84. The van der Waals surface area contributed by atoms with E-state index in [1.54, 1.807) is 0 Å². The molecule has 0 fully saturated rings. The molecule has 0 saturated carbocycles. The van der Waals surface area contributed by atoms with Gasteiger partial charge in [-0.3, -0.25) is 0 Å². The van der Waals surface area contributed by atoms with Crippen LogP contribution < -0.4 is 5.73 Å². The summed E-state index contributed by atoms with van der Waals surface area (Å²) in [5.41, 5.74) is 7.40. The number of hydrogen-bond donors (Lipinski definition) is 1. The molecule has 0 aromatic carbocycles. The highest BCUT2D eigenvalue weighted by Gasteiger charge is 2.13. The molecule has 14 heavy (non-hydrogen) atoms. The highest BCUT2D eigenvalue weighted by Crippen LogP contribution is 2.13. The van der Waals surface area contributed by atoms with E-state index in [-0.39, 0.29) is 5.54 Å². The standard InChI is InChI=1S/C10H18N2O2/c1-7-9(8(2)14-12-7)5-13-6-10(3,4)11/h5-6,11H2,1-4H3. The molecule has 1 heterocycles. The average Bonchev–Trinajstić information content (AvgIpc) is 2.33. The minimum Gasteiger partial charge on any atom is -0.375 e. The van der Waals surface area contributed by atoms with Gasteiger partial charge in [0.05, 0.1) is 18.9 Å². The van der Waals surface area contributed by atoms with Gasteiger partial charge in [-0.15, -0.1) is 0 Å². The molecule has 1 aromatic rings. The van der Waals surface area contributed by atoms with Crippen LogP contribution >= 0.6 is 0 Å². The van der Waals surface area contributed by atoms with Gasteiger partial charge in [-0.2, -0.15) is 0 Å². The number of aryl methyl sites for hydroxylation is 2. The third kappa shape index (κ3) is 3.12. The van der Waals surface area contributed by atoms with E-state index in [1.165, 1.54) is 0 Å².